The Morgan fingerprint density at radius 1 is 1.24 bits per heavy atom. The second-order valence-corrected chi connectivity index (χ2v) is 6.91. The Morgan fingerprint density at radius 3 is 2.73 bits per heavy atom. The van der Waals surface area contributed by atoms with Gasteiger partial charge in [-0.25, -0.2) is 18.4 Å². The van der Waals surface area contributed by atoms with Crippen LogP contribution in [0.2, 0.25) is 0 Å². The summed E-state index contributed by atoms with van der Waals surface area (Å²) in [5, 5.41) is 23.1. The molecule has 3 heterocycles. The van der Waals surface area contributed by atoms with Crippen LogP contribution in [0.3, 0.4) is 0 Å². The lowest BCUT2D eigenvalue weighted by molar-refractivity contribution is -0.137. The summed E-state index contributed by atoms with van der Waals surface area (Å²) in [7, 11) is 0. The van der Waals surface area contributed by atoms with Crippen LogP contribution >= 0.6 is 12.4 Å². The minimum absolute atomic E-state index is 0. The number of carboxylic acid groups (broad SMARTS) is 1. The van der Waals surface area contributed by atoms with Gasteiger partial charge < -0.3 is 15.6 Å². The van der Waals surface area contributed by atoms with E-state index in [-0.39, 0.29) is 36.9 Å². The molecule has 0 saturated heterocycles. The molecule has 10 nitrogen and oxygen atoms in total. The first-order valence-corrected chi connectivity index (χ1v) is 9.40. The average Bonchev–Trinajstić information content (AvgIpc) is 3.42. The van der Waals surface area contributed by atoms with E-state index in [4.69, 9.17) is 15.6 Å². The molecule has 0 aliphatic rings. The standard InChI is InChI=1S/C20H17F2N7O3.ClH/c21-15-8-14(29-10-13(26-28-29)6-12(23)7-19(30)31)1-2-18(15)32-20-16(22)5-11(9-24-20)17-3-4-25-27-17;/h1-5,8-10,12H,6-7,23H2,(H,25,27)(H,30,31);1H. The summed E-state index contributed by atoms with van der Waals surface area (Å²) in [4.78, 5) is 14.6. The van der Waals surface area contributed by atoms with Crippen molar-refractivity contribution in [3.63, 3.8) is 0 Å². The summed E-state index contributed by atoms with van der Waals surface area (Å²) in [5.74, 6) is -3.14. The van der Waals surface area contributed by atoms with Gasteiger partial charge in [-0.1, -0.05) is 5.21 Å². The number of carbonyl (C=O) groups is 1. The number of rotatable bonds is 8. The highest BCUT2D eigenvalue weighted by molar-refractivity contribution is 5.85. The fourth-order valence-electron chi connectivity index (χ4n) is 2.97. The van der Waals surface area contributed by atoms with Crippen LogP contribution in [0, 0.1) is 11.6 Å². The van der Waals surface area contributed by atoms with Crippen LogP contribution in [0.5, 0.6) is 11.6 Å². The quantitative estimate of drug-likeness (QED) is 0.351. The van der Waals surface area contributed by atoms with Crippen LogP contribution < -0.4 is 10.5 Å². The zero-order valence-electron chi connectivity index (χ0n) is 16.9. The molecule has 1 atom stereocenters. The van der Waals surface area contributed by atoms with Gasteiger partial charge in [0.2, 0.25) is 0 Å². The summed E-state index contributed by atoms with van der Waals surface area (Å²) >= 11 is 0. The number of benzene rings is 1. The van der Waals surface area contributed by atoms with Gasteiger partial charge in [-0.05, 0) is 24.3 Å². The summed E-state index contributed by atoms with van der Waals surface area (Å²) < 4.78 is 35.6. The third-order valence-electron chi connectivity index (χ3n) is 4.45. The first-order chi connectivity index (χ1) is 15.4. The molecule has 172 valence electrons. The lowest BCUT2D eigenvalue weighted by atomic mass is 10.1. The van der Waals surface area contributed by atoms with Gasteiger partial charge in [0.15, 0.2) is 17.4 Å². The fourth-order valence-corrected chi connectivity index (χ4v) is 2.97. The monoisotopic (exact) mass is 477 g/mol. The van der Waals surface area contributed by atoms with Gasteiger partial charge in [-0.15, -0.1) is 17.5 Å². The van der Waals surface area contributed by atoms with E-state index in [1.807, 2.05) is 0 Å². The molecule has 0 spiro atoms. The summed E-state index contributed by atoms with van der Waals surface area (Å²) in [6.07, 6.45) is 4.42. The molecule has 0 amide bonds. The molecule has 1 unspecified atom stereocenters. The molecule has 0 aliphatic heterocycles. The first-order valence-electron chi connectivity index (χ1n) is 9.40. The minimum Gasteiger partial charge on any atom is -0.481 e. The molecule has 3 aromatic heterocycles. The predicted octanol–water partition coefficient (Wildman–Crippen LogP) is 2.89. The maximum absolute atomic E-state index is 14.6. The zero-order valence-corrected chi connectivity index (χ0v) is 17.7. The Labute approximate surface area is 191 Å². The second kappa shape index (κ2) is 10.1. The van der Waals surface area contributed by atoms with E-state index in [9.17, 15) is 13.6 Å². The Balaban J connectivity index is 0.00000306. The highest BCUT2D eigenvalue weighted by atomic mass is 35.5. The number of pyridine rings is 1. The molecule has 4 aromatic rings. The zero-order chi connectivity index (χ0) is 22.7. The van der Waals surface area contributed by atoms with Crippen molar-refractivity contribution < 1.29 is 23.4 Å². The molecule has 0 radical (unpaired) electrons. The van der Waals surface area contributed by atoms with E-state index in [1.54, 1.807) is 6.07 Å². The SMILES string of the molecule is Cl.NC(CC(=O)O)Cc1cn(-c2ccc(Oc3ncc(-c4ccn[nH]4)cc3F)c(F)c2)nn1. The lowest BCUT2D eigenvalue weighted by Crippen LogP contribution is -2.26. The number of aliphatic carboxylic acids is 1. The second-order valence-electron chi connectivity index (χ2n) is 6.91. The number of ether oxygens (including phenoxy) is 1. The lowest BCUT2D eigenvalue weighted by Gasteiger charge is -2.09. The first kappa shape index (κ1) is 23.8. The fraction of sp³-hybridized carbons (Fsp3) is 0.150. The topological polar surface area (TPSA) is 145 Å². The van der Waals surface area contributed by atoms with Crippen molar-refractivity contribution in [1.29, 1.82) is 0 Å². The Kier molecular flexibility index (Phi) is 7.30. The Morgan fingerprint density at radius 2 is 2.06 bits per heavy atom. The normalized spacial score (nSPS) is 11.6. The maximum Gasteiger partial charge on any atom is 0.304 e. The number of carboxylic acids is 1. The molecule has 4 N–H and O–H groups in total. The van der Waals surface area contributed by atoms with Crippen molar-refractivity contribution in [2.45, 2.75) is 18.9 Å². The van der Waals surface area contributed by atoms with Gasteiger partial charge >= 0.3 is 5.97 Å². The molecule has 33 heavy (non-hydrogen) atoms. The van der Waals surface area contributed by atoms with Gasteiger partial charge in [-0.2, -0.15) is 5.10 Å². The molecule has 0 bridgehead atoms. The van der Waals surface area contributed by atoms with E-state index in [2.05, 4.69) is 25.5 Å². The number of hydrogen-bond acceptors (Lipinski definition) is 7. The summed E-state index contributed by atoms with van der Waals surface area (Å²) in [6.45, 7) is 0. The van der Waals surface area contributed by atoms with Crippen LogP contribution in [-0.2, 0) is 11.2 Å². The number of nitrogens with one attached hydrogen (secondary N) is 1. The number of H-pyrrole nitrogens is 1. The third-order valence-corrected chi connectivity index (χ3v) is 4.45. The molecule has 13 heteroatoms. The number of nitrogens with zero attached hydrogens (tertiary/aromatic N) is 5. The number of aromatic amines is 1. The molecule has 0 aliphatic carbocycles. The van der Waals surface area contributed by atoms with Crippen molar-refractivity contribution in [1.82, 2.24) is 30.2 Å². The van der Waals surface area contributed by atoms with Gasteiger partial charge in [0.1, 0.15) is 0 Å². The molecular weight excluding hydrogens is 460 g/mol. The largest absolute Gasteiger partial charge is 0.481 e. The number of nitrogens with two attached hydrogens (primary N) is 1. The van der Waals surface area contributed by atoms with Crippen LogP contribution in [-0.4, -0.2) is 47.3 Å². The van der Waals surface area contributed by atoms with Gasteiger partial charge in [0.05, 0.1) is 29.7 Å². The highest BCUT2D eigenvalue weighted by Crippen LogP contribution is 2.28. The Hall–Kier alpha value is -3.90. The highest BCUT2D eigenvalue weighted by Gasteiger charge is 2.15. The van der Waals surface area contributed by atoms with Crippen molar-refractivity contribution in [2.24, 2.45) is 5.73 Å². The van der Waals surface area contributed by atoms with Crippen LogP contribution in [0.1, 0.15) is 12.1 Å². The van der Waals surface area contributed by atoms with E-state index in [0.29, 0.717) is 22.6 Å². The van der Waals surface area contributed by atoms with Crippen LogP contribution in [0.15, 0.2) is 48.9 Å². The number of halogens is 3. The summed E-state index contributed by atoms with van der Waals surface area (Å²) in [6, 6.07) is 6.20. The van der Waals surface area contributed by atoms with Crippen molar-refractivity contribution in [3.05, 3.63) is 66.3 Å². The van der Waals surface area contributed by atoms with Crippen molar-refractivity contribution in [2.75, 3.05) is 0 Å². The minimum atomic E-state index is -1.01. The smallest absolute Gasteiger partial charge is 0.304 e. The molecular formula is C20H18ClF2N7O3. The summed E-state index contributed by atoms with van der Waals surface area (Å²) in [5.41, 5.74) is 7.59. The molecule has 4 rings (SSSR count). The van der Waals surface area contributed by atoms with E-state index in [0.717, 1.165) is 6.07 Å². The van der Waals surface area contributed by atoms with E-state index in [1.165, 1.54) is 41.5 Å². The molecule has 0 fully saturated rings. The van der Waals surface area contributed by atoms with Gasteiger partial charge in [-0.3, -0.25) is 9.89 Å². The van der Waals surface area contributed by atoms with Crippen molar-refractivity contribution in [3.8, 4) is 28.6 Å². The molecule has 1 aromatic carbocycles. The molecule has 0 saturated carbocycles. The van der Waals surface area contributed by atoms with Crippen molar-refractivity contribution >= 4 is 18.4 Å². The number of aromatic nitrogens is 6. The van der Waals surface area contributed by atoms with E-state index < -0.39 is 23.6 Å². The number of hydrogen-bond donors (Lipinski definition) is 3. The van der Waals surface area contributed by atoms with Crippen LogP contribution in [0.4, 0.5) is 8.78 Å². The van der Waals surface area contributed by atoms with Gasteiger partial charge in [0.25, 0.3) is 5.88 Å². The average molecular weight is 478 g/mol. The van der Waals surface area contributed by atoms with E-state index >= 15 is 0 Å². The Bertz CT molecular complexity index is 1250. The van der Waals surface area contributed by atoms with Gasteiger partial charge in [0, 0.05) is 36.5 Å². The maximum atomic E-state index is 14.6. The van der Waals surface area contributed by atoms with Crippen LogP contribution in [0.25, 0.3) is 16.9 Å². The third kappa shape index (κ3) is 5.67. The predicted molar refractivity (Wildman–Crippen MR) is 114 cm³/mol.